The van der Waals surface area contributed by atoms with Crippen LogP contribution in [-0.4, -0.2) is 38.4 Å². The Hall–Kier alpha value is -2.60. The molecule has 0 saturated heterocycles. The monoisotopic (exact) mass is 349 g/mol. The maximum atomic E-state index is 12.1. The Balaban J connectivity index is 2.27. The highest BCUT2D eigenvalue weighted by molar-refractivity contribution is 5.39. The van der Waals surface area contributed by atoms with Crippen LogP contribution < -0.4 is 0 Å². The largest absolute Gasteiger partial charge is 0.379 e. The molecule has 0 aliphatic carbocycles. The van der Waals surface area contributed by atoms with Gasteiger partial charge in [0.2, 0.25) is 0 Å². The maximum absolute atomic E-state index is 12.1. The Bertz CT molecular complexity index is 771. The minimum absolute atomic E-state index is 0.544. The Morgan fingerprint density at radius 2 is 1.42 bits per heavy atom. The lowest BCUT2D eigenvalue weighted by molar-refractivity contribution is -0.0767. The minimum atomic E-state index is -1.45. The van der Waals surface area contributed by atoms with Gasteiger partial charge in [-0.2, -0.15) is 0 Å². The van der Waals surface area contributed by atoms with E-state index in [1.807, 2.05) is 42.5 Å². The summed E-state index contributed by atoms with van der Waals surface area (Å²) in [5, 5.41) is 22.3. The number of likely N-dealkylation sites (N-methyl/N-ethyl adjacent to an activating group) is 1. The van der Waals surface area contributed by atoms with Crippen molar-refractivity contribution < 1.29 is 10.2 Å². The third-order valence-corrected chi connectivity index (χ3v) is 4.71. The summed E-state index contributed by atoms with van der Waals surface area (Å²) < 4.78 is 0. The second-order valence-corrected chi connectivity index (χ2v) is 6.36. The number of aromatic nitrogens is 2. The lowest BCUT2D eigenvalue weighted by Crippen LogP contribution is -2.46. The number of aliphatic hydroxyl groups is 2. The van der Waals surface area contributed by atoms with E-state index >= 15 is 0 Å². The van der Waals surface area contributed by atoms with Crippen LogP contribution in [0.15, 0.2) is 79.4 Å². The molecule has 0 saturated carbocycles. The average molecular weight is 349 g/mol. The Labute approximate surface area is 153 Å². The summed E-state index contributed by atoms with van der Waals surface area (Å²) in [6, 6.07) is 16.4. The highest BCUT2D eigenvalue weighted by Crippen LogP contribution is 2.44. The highest BCUT2D eigenvalue weighted by Gasteiger charge is 2.44. The normalized spacial score (nSPS) is 14.2. The van der Waals surface area contributed by atoms with Crippen molar-refractivity contribution in [1.29, 1.82) is 0 Å². The van der Waals surface area contributed by atoms with Crippen LogP contribution >= 0.6 is 0 Å². The molecule has 26 heavy (non-hydrogen) atoms. The van der Waals surface area contributed by atoms with E-state index in [4.69, 9.17) is 0 Å². The summed E-state index contributed by atoms with van der Waals surface area (Å²) >= 11 is 0. The van der Waals surface area contributed by atoms with Gasteiger partial charge in [-0.3, -0.25) is 14.9 Å². The molecule has 2 aromatic heterocycles. The Kier molecular flexibility index (Phi) is 5.42. The SMILES string of the molecule is CC(O)N(C)C(c1ccccc1)C(O)(c1cccnc1)c1cccnc1. The van der Waals surface area contributed by atoms with Crippen LogP contribution in [0.25, 0.3) is 0 Å². The number of hydrogen-bond donors (Lipinski definition) is 2. The van der Waals surface area contributed by atoms with Crippen LogP contribution in [-0.2, 0) is 5.60 Å². The fourth-order valence-corrected chi connectivity index (χ4v) is 3.28. The third-order valence-electron chi connectivity index (χ3n) is 4.71. The Morgan fingerprint density at radius 3 is 1.85 bits per heavy atom. The lowest BCUT2D eigenvalue weighted by atomic mass is 9.77. The van der Waals surface area contributed by atoms with E-state index in [0.717, 1.165) is 5.56 Å². The van der Waals surface area contributed by atoms with Gasteiger partial charge < -0.3 is 10.2 Å². The van der Waals surface area contributed by atoms with Crippen molar-refractivity contribution in [1.82, 2.24) is 14.9 Å². The van der Waals surface area contributed by atoms with Crippen LogP contribution in [0.1, 0.15) is 29.7 Å². The van der Waals surface area contributed by atoms with Gasteiger partial charge >= 0.3 is 0 Å². The van der Waals surface area contributed by atoms with E-state index in [1.54, 1.807) is 55.8 Å². The Morgan fingerprint density at radius 1 is 0.885 bits per heavy atom. The summed E-state index contributed by atoms with van der Waals surface area (Å²) in [6.45, 7) is 1.68. The molecule has 5 nitrogen and oxygen atoms in total. The first-order chi connectivity index (χ1) is 12.5. The van der Waals surface area contributed by atoms with Gasteiger partial charge in [-0.15, -0.1) is 0 Å². The second-order valence-electron chi connectivity index (χ2n) is 6.36. The van der Waals surface area contributed by atoms with E-state index in [1.165, 1.54) is 0 Å². The minimum Gasteiger partial charge on any atom is -0.379 e. The molecule has 0 bridgehead atoms. The first-order valence-corrected chi connectivity index (χ1v) is 8.53. The van der Waals surface area contributed by atoms with Crippen molar-refractivity contribution >= 4 is 0 Å². The number of benzene rings is 1. The molecule has 5 heteroatoms. The molecule has 134 valence electrons. The van der Waals surface area contributed by atoms with Crippen molar-refractivity contribution in [3.8, 4) is 0 Å². The number of hydrogen-bond acceptors (Lipinski definition) is 5. The van der Waals surface area contributed by atoms with Gasteiger partial charge in [0.15, 0.2) is 0 Å². The van der Waals surface area contributed by atoms with Gasteiger partial charge in [0.25, 0.3) is 0 Å². The molecular formula is C21H23N3O2. The number of aliphatic hydroxyl groups excluding tert-OH is 1. The average Bonchev–Trinajstić information content (AvgIpc) is 2.70. The quantitative estimate of drug-likeness (QED) is 0.670. The van der Waals surface area contributed by atoms with Crippen LogP contribution in [0.2, 0.25) is 0 Å². The molecule has 3 aromatic rings. The smallest absolute Gasteiger partial charge is 0.137 e. The number of pyridine rings is 2. The van der Waals surface area contributed by atoms with Crippen molar-refractivity contribution in [2.24, 2.45) is 0 Å². The van der Waals surface area contributed by atoms with Gasteiger partial charge in [-0.1, -0.05) is 42.5 Å². The van der Waals surface area contributed by atoms with Crippen LogP contribution in [0.5, 0.6) is 0 Å². The zero-order chi connectivity index (χ0) is 18.6. The molecule has 2 N–H and O–H groups in total. The van der Waals surface area contributed by atoms with Crippen LogP contribution in [0.4, 0.5) is 0 Å². The molecule has 0 aliphatic heterocycles. The van der Waals surface area contributed by atoms with E-state index in [-0.39, 0.29) is 0 Å². The molecule has 3 rings (SSSR count). The summed E-state index contributed by atoms with van der Waals surface area (Å²) in [4.78, 5) is 10.1. The predicted molar refractivity (Wildman–Crippen MR) is 100 cm³/mol. The summed E-state index contributed by atoms with van der Waals surface area (Å²) in [7, 11) is 1.79. The van der Waals surface area contributed by atoms with Crippen molar-refractivity contribution in [2.75, 3.05) is 7.05 Å². The van der Waals surface area contributed by atoms with Gasteiger partial charge in [-0.05, 0) is 31.7 Å². The zero-order valence-electron chi connectivity index (χ0n) is 14.9. The predicted octanol–water partition coefficient (Wildman–Crippen LogP) is 2.72. The van der Waals surface area contributed by atoms with Gasteiger partial charge in [0.05, 0.1) is 6.04 Å². The number of rotatable bonds is 6. The van der Waals surface area contributed by atoms with E-state index in [0.29, 0.717) is 11.1 Å². The van der Waals surface area contributed by atoms with Crippen molar-refractivity contribution in [2.45, 2.75) is 24.8 Å². The first kappa shape index (κ1) is 18.2. The summed E-state index contributed by atoms with van der Waals surface area (Å²) in [5.74, 6) is 0. The highest BCUT2D eigenvalue weighted by atomic mass is 16.3. The van der Waals surface area contributed by atoms with Gasteiger partial charge in [0.1, 0.15) is 11.8 Å². The molecule has 0 amide bonds. The molecule has 0 aliphatic rings. The molecular weight excluding hydrogens is 326 g/mol. The molecule has 0 fully saturated rings. The van der Waals surface area contributed by atoms with Crippen LogP contribution in [0, 0.1) is 0 Å². The van der Waals surface area contributed by atoms with Crippen LogP contribution in [0.3, 0.4) is 0 Å². The fourth-order valence-electron chi connectivity index (χ4n) is 3.28. The van der Waals surface area contributed by atoms with E-state index < -0.39 is 17.9 Å². The first-order valence-electron chi connectivity index (χ1n) is 8.53. The fraction of sp³-hybridized carbons (Fsp3) is 0.238. The molecule has 2 atom stereocenters. The molecule has 1 aromatic carbocycles. The zero-order valence-corrected chi connectivity index (χ0v) is 14.9. The second kappa shape index (κ2) is 7.74. The summed E-state index contributed by atoms with van der Waals surface area (Å²) in [6.07, 6.45) is 5.88. The third kappa shape index (κ3) is 3.37. The summed E-state index contributed by atoms with van der Waals surface area (Å²) in [5.41, 5.74) is 0.699. The molecule has 2 heterocycles. The lowest BCUT2D eigenvalue weighted by Gasteiger charge is -2.43. The molecule has 0 spiro atoms. The molecule has 2 unspecified atom stereocenters. The topological polar surface area (TPSA) is 69.5 Å². The molecule has 0 radical (unpaired) electrons. The maximum Gasteiger partial charge on any atom is 0.137 e. The standard InChI is InChI=1S/C21H23N3O2/c1-16(25)24(2)20(17-8-4-3-5-9-17)21(26,18-10-6-12-22-14-18)19-11-7-13-23-15-19/h3-16,20,25-26H,1-2H3. The van der Waals surface area contributed by atoms with Crippen molar-refractivity contribution in [3.05, 3.63) is 96.1 Å². The number of nitrogens with zero attached hydrogens (tertiary/aromatic N) is 3. The van der Waals surface area contributed by atoms with E-state index in [2.05, 4.69) is 9.97 Å². The van der Waals surface area contributed by atoms with E-state index in [9.17, 15) is 10.2 Å². The van der Waals surface area contributed by atoms with Crippen molar-refractivity contribution in [3.63, 3.8) is 0 Å². The van der Waals surface area contributed by atoms with Gasteiger partial charge in [0, 0.05) is 35.9 Å². The van der Waals surface area contributed by atoms with Gasteiger partial charge in [-0.25, -0.2) is 0 Å².